The van der Waals surface area contributed by atoms with Crippen LogP contribution in [-0.2, 0) is 4.74 Å². The fraction of sp³-hybridized carbons (Fsp3) is 0.484. The van der Waals surface area contributed by atoms with Gasteiger partial charge in [0, 0.05) is 63.5 Å². The molecule has 7 nitrogen and oxygen atoms in total. The number of rotatable bonds is 7. The van der Waals surface area contributed by atoms with Gasteiger partial charge in [-0.25, -0.2) is 4.79 Å². The molecule has 0 radical (unpaired) electrons. The van der Waals surface area contributed by atoms with Gasteiger partial charge in [0.2, 0.25) is 0 Å². The van der Waals surface area contributed by atoms with Crippen LogP contribution < -0.4 is 5.32 Å². The summed E-state index contributed by atoms with van der Waals surface area (Å²) in [6.07, 6.45) is 4.47. The highest BCUT2D eigenvalue weighted by Gasteiger charge is 2.39. The number of carbonyl (C=O) groups is 2. The Morgan fingerprint density at radius 2 is 1.45 bits per heavy atom. The lowest BCUT2D eigenvalue weighted by molar-refractivity contribution is 0.0800. The van der Waals surface area contributed by atoms with Crippen molar-refractivity contribution in [2.45, 2.75) is 44.7 Å². The second-order valence-electron chi connectivity index (χ2n) is 10.6. The van der Waals surface area contributed by atoms with Gasteiger partial charge in [-0.1, -0.05) is 48.0 Å². The molecule has 3 aliphatic heterocycles. The van der Waals surface area contributed by atoms with Gasteiger partial charge in [0.15, 0.2) is 0 Å². The molecule has 3 aliphatic rings. The number of piperidine rings is 1. The predicted octanol–water partition coefficient (Wildman–Crippen LogP) is 4.25. The summed E-state index contributed by atoms with van der Waals surface area (Å²) >= 11 is 0. The van der Waals surface area contributed by atoms with Crippen LogP contribution in [0.1, 0.15) is 54.1 Å². The molecule has 0 aliphatic carbocycles. The Kier molecular flexibility index (Phi) is 8.45. The Hall–Kier alpha value is -3.16. The van der Waals surface area contributed by atoms with Crippen LogP contribution >= 0.6 is 0 Å². The molecule has 2 aromatic carbocycles. The van der Waals surface area contributed by atoms with Crippen molar-refractivity contribution in [2.75, 3.05) is 52.9 Å². The van der Waals surface area contributed by atoms with Crippen molar-refractivity contribution >= 4 is 17.6 Å². The van der Waals surface area contributed by atoms with Gasteiger partial charge in [0.25, 0.3) is 5.91 Å². The summed E-state index contributed by atoms with van der Waals surface area (Å²) in [6, 6.07) is 20.0. The average molecular weight is 517 g/mol. The third kappa shape index (κ3) is 5.79. The van der Waals surface area contributed by atoms with Crippen molar-refractivity contribution in [3.63, 3.8) is 0 Å². The van der Waals surface area contributed by atoms with Crippen molar-refractivity contribution in [3.05, 3.63) is 76.9 Å². The minimum Gasteiger partial charge on any atom is -0.453 e. The summed E-state index contributed by atoms with van der Waals surface area (Å²) < 4.78 is 4.87. The third-order valence-corrected chi connectivity index (χ3v) is 8.40. The second-order valence-corrected chi connectivity index (χ2v) is 10.6. The van der Waals surface area contributed by atoms with Crippen LogP contribution in [0.25, 0.3) is 5.57 Å². The van der Waals surface area contributed by atoms with Gasteiger partial charge in [0.1, 0.15) is 0 Å². The van der Waals surface area contributed by atoms with E-state index in [9.17, 15) is 9.59 Å². The van der Waals surface area contributed by atoms with Crippen LogP contribution in [0.5, 0.6) is 0 Å². The van der Waals surface area contributed by atoms with Crippen LogP contribution in [0.15, 0.2) is 60.2 Å². The highest BCUT2D eigenvalue weighted by Crippen LogP contribution is 2.42. The molecule has 3 fully saturated rings. The Morgan fingerprint density at radius 1 is 0.842 bits per heavy atom. The van der Waals surface area contributed by atoms with E-state index in [0.717, 1.165) is 52.1 Å². The lowest BCUT2D eigenvalue weighted by Gasteiger charge is -2.40. The maximum atomic E-state index is 12.3. The van der Waals surface area contributed by atoms with E-state index in [1.54, 1.807) is 4.90 Å². The number of piperazine rings is 1. The van der Waals surface area contributed by atoms with Crippen LogP contribution in [0.4, 0.5) is 4.79 Å². The first-order valence-corrected chi connectivity index (χ1v) is 14.0. The number of fused-ring (bicyclic) bond motifs is 2. The van der Waals surface area contributed by atoms with E-state index in [2.05, 4.69) is 57.6 Å². The van der Waals surface area contributed by atoms with Crippen LogP contribution in [0.2, 0.25) is 0 Å². The molecule has 38 heavy (non-hydrogen) atoms. The fourth-order valence-corrected chi connectivity index (χ4v) is 6.45. The molecule has 0 spiro atoms. The normalized spacial score (nSPS) is 21.8. The highest BCUT2D eigenvalue weighted by molar-refractivity contribution is 5.95. The van der Waals surface area contributed by atoms with Gasteiger partial charge in [0.05, 0.1) is 7.11 Å². The first-order valence-electron chi connectivity index (χ1n) is 14.0. The van der Waals surface area contributed by atoms with Crippen molar-refractivity contribution in [2.24, 2.45) is 0 Å². The zero-order valence-electron chi connectivity index (χ0n) is 22.7. The number of carbonyl (C=O) groups excluding carboxylic acids is 2. The molecule has 0 saturated carbocycles. The quantitative estimate of drug-likeness (QED) is 0.596. The number of benzene rings is 2. The van der Waals surface area contributed by atoms with E-state index in [-0.39, 0.29) is 12.0 Å². The summed E-state index contributed by atoms with van der Waals surface area (Å²) in [5.41, 5.74) is 6.02. The average Bonchev–Trinajstić information content (AvgIpc) is 3.19. The largest absolute Gasteiger partial charge is 0.453 e. The standard InChI is InChI=1S/C31H40N4O3/c1-3-32-30(36)25-11-9-24(10-12-25)29(23-7-5-4-6-8-23)26-21-27-13-14-28(22-26)35(27)20-17-33-15-18-34(19-16-33)31(37)38-2/h4-12,27-28H,3,13-22H2,1-2H3,(H,32,36). The van der Waals surface area contributed by atoms with Gasteiger partial charge < -0.3 is 15.0 Å². The summed E-state index contributed by atoms with van der Waals surface area (Å²) in [4.78, 5) is 31.1. The maximum absolute atomic E-state index is 12.3. The van der Waals surface area contributed by atoms with E-state index in [0.29, 0.717) is 24.2 Å². The van der Waals surface area contributed by atoms with Gasteiger partial charge >= 0.3 is 6.09 Å². The van der Waals surface area contributed by atoms with E-state index in [1.165, 1.54) is 42.2 Å². The van der Waals surface area contributed by atoms with E-state index in [1.807, 2.05) is 19.1 Å². The van der Waals surface area contributed by atoms with Gasteiger partial charge in [-0.3, -0.25) is 14.6 Å². The number of hydrogen-bond donors (Lipinski definition) is 1. The zero-order valence-corrected chi connectivity index (χ0v) is 22.7. The number of ether oxygens (including phenoxy) is 1. The first kappa shape index (κ1) is 26.4. The van der Waals surface area contributed by atoms with Crippen LogP contribution in [0, 0.1) is 0 Å². The Morgan fingerprint density at radius 3 is 2.05 bits per heavy atom. The topological polar surface area (TPSA) is 65.1 Å². The molecule has 2 bridgehead atoms. The zero-order chi connectivity index (χ0) is 26.5. The smallest absolute Gasteiger partial charge is 0.409 e. The van der Waals surface area contributed by atoms with Crippen molar-refractivity contribution in [1.82, 2.24) is 20.0 Å². The molecule has 2 aromatic rings. The van der Waals surface area contributed by atoms with E-state index in [4.69, 9.17) is 4.74 Å². The molecule has 2 unspecified atom stereocenters. The lowest BCUT2D eigenvalue weighted by Crippen LogP contribution is -2.51. The lowest BCUT2D eigenvalue weighted by atomic mass is 9.85. The SMILES string of the molecule is CCNC(=O)c1ccc(C(=C2CC3CCC(C2)N3CCN2CCN(C(=O)OC)CC2)c2ccccc2)cc1. The minimum absolute atomic E-state index is 0.0222. The number of methoxy groups -OCH3 is 1. The molecule has 5 rings (SSSR count). The molecule has 2 amide bonds. The summed E-state index contributed by atoms with van der Waals surface area (Å²) in [7, 11) is 1.45. The molecule has 2 atom stereocenters. The summed E-state index contributed by atoms with van der Waals surface area (Å²) in [6.45, 7) is 8.01. The van der Waals surface area contributed by atoms with Gasteiger partial charge in [-0.15, -0.1) is 0 Å². The molecule has 0 aromatic heterocycles. The van der Waals surface area contributed by atoms with E-state index < -0.39 is 0 Å². The number of hydrogen-bond acceptors (Lipinski definition) is 5. The van der Waals surface area contributed by atoms with Crippen molar-refractivity contribution in [3.8, 4) is 0 Å². The Labute approximate surface area is 226 Å². The highest BCUT2D eigenvalue weighted by atomic mass is 16.5. The molecule has 3 saturated heterocycles. The third-order valence-electron chi connectivity index (χ3n) is 8.40. The second kappa shape index (κ2) is 12.1. The van der Waals surface area contributed by atoms with Crippen molar-refractivity contribution < 1.29 is 14.3 Å². The fourth-order valence-electron chi connectivity index (χ4n) is 6.45. The summed E-state index contributed by atoms with van der Waals surface area (Å²) in [5.74, 6) is -0.0222. The Bertz CT molecular complexity index is 1120. The first-order chi connectivity index (χ1) is 18.6. The molecule has 7 heteroatoms. The van der Waals surface area contributed by atoms with Crippen LogP contribution in [0.3, 0.4) is 0 Å². The predicted molar refractivity (Wildman–Crippen MR) is 150 cm³/mol. The molecule has 3 heterocycles. The number of nitrogens with zero attached hydrogens (tertiary/aromatic N) is 3. The molecule has 1 N–H and O–H groups in total. The minimum atomic E-state index is -0.217. The summed E-state index contributed by atoms with van der Waals surface area (Å²) in [5, 5.41) is 2.89. The number of amides is 2. The van der Waals surface area contributed by atoms with Crippen LogP contribution in [-0.4, -0.2) is 91.7 Å². The number of nitrogens with one attached hydrogen (secondary N) is 1. The van der Waals surface area contributed by atoms with Crippen molar-refractivity contribution in [1.29, 1.82) is 0 Å². The molecular formula is C31H40N4O3. The van der Waals surface area contributed by atoms with E-state index >= 15 is 0 Å². The van der Waals surface area contributed by atoms with Gasteiger partial charge in [-0.2, -0.15) is 0 Å². The maximum Gasteiger partial charge on any atom is 0.409 e. The molecule has 202 valence electrons. The monoisotopic (exact) mass is 516 g/mol. The molecular weight excluding hydrogens is 476 g/mol. The van der Waals surface area contributed by atoms with Gasteiger partial charge in [-0.05, 0) is 61.4 Å². The Balaban J connectivity index is 1.30.